The summed E-state index contributed by atoms with van der Waals surface area (Å²) >= 11 is 1.24. The van der Waals surface area contributed by atoms with Gasteiger partial charge in [-0.3, -0.25) is 9.36 Å². The molecule has 0 saturated heterocycles. The number of nitrogens with zero attached hydrogens (tertiary/aromatic N) is 5. The summed E-state index contributed by atoms with van der Waals surface area (Å²) in [6, 6.07) is 5.81. The van der Waals surface area contributed by atoms with Gasteiger partial charge >= 0.3 is 0 Å². The highest BCUT2D eigenvalue weighted by atomic mass is 32.1. The van der Waals surface area contributed by atoms with Crippen LogP contribution < -0.4 is 19.7 Å². The highest BCUT2D eigenvalue weighted by Crippen LogP contribution is 2.32. The van der Waals surface area contributed by atoms with Gasteiger partial charge in [0.05, 0.1) is 6.54 Å². The molecule has 1 aliphatic heterocycles. The van der Waals surface area contributed by atoms with E-state index in [0.29, 0.717) is 17.6 Å². The van der Waals surface area contributed by atoms with E-state index in [1.54, 1.807) is 28.2 Å². The van der Waals surface area contributed by atoms with Crippen LogP contribution in [0.4, 0.5) is 5.13 Å². The molecule has 0 fully saturated rings. The molecule has 2 aromatic heterocycles. The first-order valence-corrected chi connectivity index (χ1v) is 9.15. The zero-order valence-electron chi connectivity index (χ0n) is 14.7. The molecule has 0 radical (unpaired) electrons. The lowest BCUT2D eigenvalue weighted by atomic mass is 10.1. The number of hydrogen-bond acceptors (Lipinski definition) is 8. The van der Waals surface area contributed by atoms with Crippen LogP contribution in [0.25, 0.3) is 5.95 Å². The van der Waals surface area contributed by atoms with Crippen LogP contribution in [0.1, 0.15) is 5.56 Å². The fraction of sp³-hybridized carbons (Fsp3) is 0.294. The molecule has 0 atom stereocenters. The predicted molar refractivity (Wildman–Crippen MR) is 99.6 cm³/mol. The van der Waals surface area contributed by atoms with E-state index in [1.165, 1.54) is 11.5 Å². The lowest BCUT2D eigenvalue weighted by Crippen LogP contribution is -2.36. The van der Waals surface area contributed by atoms with Gasteiger partial charge in [0.1, 0.15) is 6.33 Å². The third kappa shape index (κ3) is 4.00. The van der Waals surface area contributed by atoms with Crippen LogP contribution in [-0.4, -0.2) is 51.7 Å². The molecule has 0 saturated carbocycles. The first-order valence-electron chi connectivity index (χ1n) is 8.37. The summed E-state index contributed by atoms with van der Waals surface area (Å²) in [6.45, 7) is 1.01. The second kappa shape index (κ2) is 7.62. The number of hydrogen-bond donors (Lipinski definition) is 1. The van der Waals surface area contributed by atoms with Gasteiger partial charge in [-0.15, -0.1) is 0 Å². The number of rotatable bonds is 7. The van der Waals surface area contributed by atoms with Gasteiger partial charge in [-0.2, -0.15) is 9.36 Å². The van der Waals surface area contributed by atoms with Crippen molar-refractivity contribution in [3.05, 3.63) is 42.5 Å². The smallest absolute Gasteiger partial charge is 0.248 e. The number of imidazole rings is 1. The fourth-order valence-corrected chi connectivity index (χ4v) is 3.25. The summed E-state index contributed by atoms with van der Waals surface area (Å²) in [6.07, 6.45) is 5.79. The quantitative estimate of drug-likeness (QED) is 0.653. The van der Waals surface area contributed by atoms with Crippen molar-refractivity contribution in [1.29, 1.82) is 0 Å². The van der Waals surface area contributed by atoms with Crippen LogP contribution in [0.3, 0.4) is 0 Å². The second-order valence-electron chi connectivity index (χ2n) is 5.99. The number of aromatic nitrogens is 4. The molecular weight excluding hydrogens is 368 g/mol. The molecule has 3 heterocycles. The van der Waals surface area contributed by atoms with Gasteiger partial charge in [0.25, 0.3) is 0 Å². The van der Waals surface area contributed by atoms with E-state index in [-0.39, 0.29) is 19.2 Å². The van der Waals surface area contributed by atoms with Crippen LogP contribution in [0, 0.1) is 0 Å². The van der Waals surface area contributed by atoms with Crippen molar-refractivity contribution >= 4 is 22.6 Å². The molecule has 1 aromatic carbocycles. The molecule has 9 nitrogen and oxygen atoms in total. The van der Waals surface area contributed by atoms with Crippen LogP contribution in [0.2, 0.25) is 0 Å². The number of ether oxygens (including phenoxy) is 2. The summed E-state index contributed by atoms with van der Waals surface area (Å²) in [5.74, 6) is 1.99. The molecular formula is C17H18N6O3S. The largest absolute Gasteiger partial charge is 0.454 e. The Morgan fingerprint density at radius 2 is 2.26 bits per heavy atom. The van der Waals surface area contributed by atoms with E-state index in [4.69, 9.17) is 9.47 Å². The normalized spacial score (nSPS) is 12.2. The van der Waals surface area contributed by atoms with Gasteiger partial charge in [-0.25, -0.2) is 4.98 Å². The van der Waals surface area contributed by atoms with Crippen LogP contribution in [0.5, 0.6) is 11.5 Å². The van der Waals surface area contributed by atoms with E-state index in [9.17, 15) is 4.79 Å². The van der Waals surface area contributed by atoms with Crippen LogP contribution >= 0.6 is 11.5 Å². The molecule has 27 heavy (non-hydrogen) atoms. The second-order valence-corrected chi connectivity index (χ2v) is 6.72. The van der Waals surface area contributed by atoms with Gasteiger partial charge in [0.2, 0.25) is 23.8 Å². The minimum atomic E-state index is -0.0716. The highest BCUT2D eigenvalue weighted by molar-refractivity contribution is 7.09. The van der Waals surface area contributed by atoms with Gasteiger partial charge in [0.15, 0.2) is 11.5 Å². The fourth-order valence-electron chi connectivity index (χ4n) is 2.63. The Kier molecular flexibility index (Phi) is 4.88. The Labute approximate surface area is 159 Å². The maximum absolute atomic E-state index is 12.2. The Hall–Kier alpha value is -3.14. The topological polar surface area (TPSA) is 94.4 Å². The third-order valence-electron chi connectivity index (χ3n) is 4.02. The first kappa shape index (κ1) is 17.3. The van der Waals surface area contributed by atoms with E-state index in [0.717, 1.165) is 23.5 Å². The highest BCUT2D eigenvalue weighted by Gasteiger charge is 2.14. The number of fused-ring (bicyclic) bond motifs is 1. The molecule has 3 aromatic rings. The number of anilines is 1. The van der Waals surface area contributed by atoms with Gasteiger partial charge in [-0.05, 0) is 24.1 Å². The molecule has 1 aliphatic rings. The minimum absolute atomic E-state index is 0.0716. The van der Waals surface area contributed by atoms with Gasteiger partial charge in [0, 0.05) is 37.5 Å². The van der Waals surface area contributed by atoms with Crippen molar-refractivity contribution in [2.75, 3.05) is 31.8 Å². The number of nitrogens with one attached hydrogen (secondary N) is 1. The standard InChI is InChI=1S/C17H18N6O3S/c1-22(17-20-16(21-27-17)23-7-6-18-10-23)9-15(24)19-5-4-12-2-3-13-14(8-12)26-11-25-13/h2-3,6-8,10H,4-5,9,11H2,1H3,(H,19,24). The monoisotopic (exact) mass is 386 g/mol. The Bertz CT molecular complexity index is 927. The van der Waals surface area contributed by atoms with E-state index in [2.05, 4.69) is 19.7 Å². The summed E-state index contributed by atoms with van der Waals surface area (Å²) in [5.41, 5.74) is 1.09. The summed E-state index contributed by atoms with van der Waals surface area (Å²) < 4.78 is 16.7. The molecule has 10 heteroatoms. The number of carbonyl (C=O) groups excluding carboxylic acids is 1. The lowest BCUT2D eigenvalue weighted by Gasteiger charge is -2.14. The Balaban J connectivity index is 1.25. The average Bonchev–Trinajstić information content (AvgIpc) is 3.40. The van der Waals surface area contributed by atoms with Crippen molar-refractivity contribution in [2.24, 2.45) is 0 Å². The molecule has 4 rings (SSSR count). The zero-order valence-corrected chi connectivity index (χ0v) is 15.5. The molecule has 1 N–H and O–H groups in total. The van der Waals surface area contributed by atoms with Crippen molar-refractivity contribution in [2.45, 2.75) is 6.42 Å². The average molecular weight is 386 g/mol. The maximum atomic E-state index is 12.2. The maximum Gasteiger partial charge on any atom is 0.248 e. The van der Waals surface area contributed by atoms with Crippen molar-refractivity contribution in [3.8, 4) is 17.4 Å². The SMILES string of the molecule is CN(CC(=O)NCCc1ccc2c(c1)OCO2)c1nc(-n2ccnc2)ns1. The molecule has 0 aliphatic carbocycles. The molecule has 0 unspecified atom stereocenters. The third-order valence-corrected chi connectivity index (χ3v) is 4.84. The molecule has 1 amide bonds. The Morgan fingerprint density at radius 1 is 1.37 bits per heavy atom. The number of amides is 1. The van der Waals surface area contributed by atoms with Crippen LogP contribution in [-0.2, 0) is 11.2 Å². The molecule has 140 valence electrons. The number of benzene rings is 1. The summed E-state index contributed by atoms with van der Waals surface area (Å²) in [7, 11) is 1.82. The molecule has 0 spiro atoms. The van der Waals surface area contributed by atoms with E-state index >= 15 is 0 Å². The number of likely N-dealkylation sites (N-methyl/N-ethyl adjacent to an activating group) is 1. The van der Waals surface area contributed by atoms with E-state index in [1.807, 2.05) is 25.2 Å². The number of carbonyl (C=O) groups is 1. The molecule has 0 bridgehead atoms. The van der Waals surface area contributed by atoms with Crippen molar-refractivity contribution in [3.63, 3.8) is 0 Å². The lowest BCUT2D eigenvalue weighted by molar-refractivity contribution is -0.119. The van der Waals surface area contributed by atoms with Crippen LogP contribution in [0.15, 0.2) is 36.9 Å². The Morgan fingerprint density at radius 3 is 3.11 bits per heavy atom. The predicted octanol–water partition coefficient (Wildman–Crippen LogP) is 1.25. The van der Waals surface area contributed by atoms with E-state index < -0.39 is 0 Å². The summed E-state index contributed by atoms with van der Waals surface area (Å²) in [5, 5.41) is 3.59. The summed E-state index contributed by atoms with van der Waals surface area (Å²) in [4.78, 5) is 22.3. The van der Waals surface area contributed by atoms with Crippen molar-refractivity contribution < 1.29 is 14.3 Å². The van der Waals surface area contributed by atoms with Crippen molar-refractivity contribution in [1.82, 2.24) is 24.2 Å². The van der Waals surface area contributed by atoms with Gasteiger partial charge < -0.3 is 19.7 Å². The van der Waals surface area contributed by atoms with Gasteiger partial charge in [-0.1, -0.05) is 6.07 Å². The minimum Gasteiger partial charge on any atom is -0.454 e. The zero-order chi connectivity index (χ0) is 18.6. The first-order chi connectivity index (χ1) is 13.2.